The molecule has 0 radical (unpaired) electrons. The molecule has 1 aromatic heterocycles. The van der Waals surface area contributed by atoms with Gasteiger partial charge in [-0.25, -0.2) is 4.79 Å². The predicted molar refractivity (Wildman–Crippen MR) is 82.0 cm³/mol. The number of nitrogens with one attached hydrogen (secondary N) is 2. The third kappa shape index (κ3) is 2.78. The first-order valence-corrected chi connectivity index (χ1v) is 8.19. The van der Waals surface area contributed by atoms with Gasteiger partial charge in [-0.15, -0.1) is 0 Å². The van der Waals surface area contributed by atoms with Gasteiger partial charge in [0.05, 0.1) is 12.2 Å². The average molecular weight is 290 g/mol. The SMILES string of the molecule is CCC1(CNC(=O)N[C@@H]2CCCc3c2cnn3C)CCC1. The van der Waals surface area contributed by atoms with E-state index in [4.69, 9.17) is 0 Å². The second-order valence-corrected chi connectivity index (χ2v) is 6.65. The zero-order valence-electron chi connectivity index (χ0n) is 13.1. The van der Waals surface area contributed by atoms with E-state index in [1.807, 2.05) is 17.9 Å². The summed E-state index contributed by atoms with van der Waals surface area (Å²) < 4.78 is 1.93. The number of carbonyl (C=O) groups excluding carboxylic acids is 1. The topological polar surface area (TPSA) is 59.0 Å². The smallest absolute Gasteiger partial charge is 0.315 e. The molecule has 1 saturated carbocycles. The molecule has 2 N–H and O–H groups in total. The van der Waals surface area contributed by atoms with Crippen molar-refractivity contribution in [3.05, 3.63) is 17.5 Å². The predicted octanol–water partition coefficient (Wildman–Crippen LogP) is 2.68. The molecule has 2 aliphatic rings. The summed E-state index contributed by atoms with van der Waals surface area (Å²) in [6.45, 7) is 3.03. The van der Waals surface area contributed by atoms with Gasteiger partial charge in [-0.3, -0.25) is 4.68 Å². The molecule has 1 atom stereocenters. The van der Waals surface area contributed by atoms with E-state index in [2.05, 4.69) is 22.7 Å². The minimum atomic E-state index is -0.0311. The lowest BCUT2D eigenvalue weighted by Crippen LogP contribution is -2.46. The van der Waals surface area contributed by atoms with Gasteiger partial charge < -0.3 is 10.6 Å². The summed E-state index contributed by atoms with van der Waals surface area (Å²) >= 11 is 0. The number of rotatable bonds is 4. The normalized spacial score (nSPS) is 23.0. The van der Waals surface area contributed by atoms with Crippen LogP contribution in [0, 0.1) is 5.41 Å². The number of urea groups is 1. The van der Waals surface area contributed by atoms with Crippen LogP contribution < -0.4 is 10.6 Å². The van der Waals surface area contributed by atoms with E-state index in [0.29, 0.717) is 5.41 Å². The van der Waals surface area contributed by atoms with E-state index < -0.39 is 0 Å². The molecule has 116 valence electrons. The molecule has 1 fully saturated rings. The monoisotopic (exact) mass is 290 g/mol. The Kier molecular flexibility index (Phi) is 3.91. The molecule has 21 heavy (non-hydrogen) atoms. The molecule has 5 heteroatoms. The quantitative estimate of drug-likeness (QED) is 0.895. The Morgan fingerprint density at radius 3 is 2.95 bits per heavy atom. The van der Waals surface area contributed by atoms with Gasteiger partial charge in [0.25, 0.3) is 0 Å². The summed E-state index contributed by atoms with van der Waals surface area (Å²) in [5.41, 5.74) is 2.81. The number of hydrogen-bond acceptors (Lipinski definition) is 2. The molecule has 2 amide bonds. The molecule has 0 saturated heterocycles. The van der Waals surface area contributed by atoms with E-state index >= 15 is 0 Å². The van der Waals surface area contributed by atoms with Crippen LogP contribution in [0.5, 0.6) is 0 Å². The first kappa shape index (κ1) is 14.4. The minimum absolute atomic E-state index is 0.0311. The van der Waals surface area contributed by atoms with Gasteiger partial charge in [0.1, 0.15) is 0 Å². The highest BCUT2D eigenvalue weighted by Crippen LogP contribution is 2.43. The van der Waals surface area contributed by atoms with Crippen LogP contribution in [0.25, 0.3) is 0 Å². The van der Waals surface area contributed by atoms with Crippen LogP contribution in [0.4, 0.5) is 4.79 Å². The Morgan fingerprint density at radius 2 is 2.29 bits per heavy atom. The van der Waals surface area contributed by atoms with Crippen molar-refractivity contribution in [1.82, 2.24) is 20.4 Å². The van der Waals surface area contributed by atoms with Gasteiger partial charge in [-0.2, -0.15) is 5.10 Å². The largest absolute Gasteiger partial charge is 0.338 e. The highest BCUT2D eigenvalue weighted by atomic mass is 16.2. The molecule has 1 aromatic rings. The lowest BCUT2D eigenvalue weighted by molar-refractivity contribution is 0.125. The summed E-state index contributed by atoms with van der Waals surface area (Å²) in [5.74, 6) is 0. The highest BCUT2D eigenvalue weighted by Gasteiger charge is 2.35. The van der Waals surface area contributed by atoms with E-state index in [1.165, 1.54) is 30.5 Å². The second kappa shape index (κ2) is 5.70. The fourth-order valence-electron chi connectivity index (χ4n) is 3.67. The third-order valence-corrected chi connectivity index (χ3v) is 5.47. The number of nitrogens with zero attached hydrogens (tertiary/aromatic N) is 2. The van der Waals surface area contributed by atoms with Crippen LogP contribution in [0.15, 0.2) is 6.20 Å². The van der Waals surface area contributed by atoms with Crippen LogP contribution in [0.1, 0.15) is 62.7 Å². The zero-order valence-corrected chi connectivity index (χ0v) is 13.1. The van der Waals surface area contributed by atoms with Gasteiger partial charge in [-0.1, -0.05) is 13.3 Å². The van der Waals surface area contributed by atoms with Crippen molar-refractivity contribution in [3.8, 4) is 0 Å². The second-order valence-electron chi connectivity index (χ2n) is 6.65. The summed E-state index contributed by atoms with van der Waals surface area (Å²) in [7, 11) is 1.98. The highest BCUT2D eigenvalue weighted by molar-refractivity contribution is 5.74. The molecule has 0 bridgehead atoms. The Labute approximate surface area is 126 Å². The minimum Gasteiger partial charge on any atom is -0.338 e. The molecule has 0 spiro atoms. The lowest BCUT2D eigenvalue weighted by Gasteiger charge is -2.41. The van der Waals surface area contributed by atoms with Gasteiger partial charge >= 0.3 is 6.03 Å². The zero-order chi connectivity index (χ0) is 14.9. The Hall–Kier alpha value is -1.52. The molecule has 0 unspecified atom stereocenters. The van der Waals surface area contributed by atoms with Crippen molar-refractivity contribution < 1.29 is 4.79 Å². The van der Waals surface area contributed by atoms with Crippen molar-refractivity contribution in [2.75, 3.05) is 6.54 Å². The number of amides is 2. The molecular formula is C16H26N4O. The molecule has 5 nitrogen and oxygen atoms in total. The van der Waals surface area contributed by atoms with Crippen molar-refractivity contribution in [2.24, 2.45) is 12.5 Å². The summed E-state index contributed by atoms with van der Waals surface area (Å²) in [5, 5.41) is 10.5. The fraction of sp³-hybridized carbons (Fsp3) is 0.750. The van der Waals surface area contributed by atoms with Gasteiger partial charge in [0, 0.05) is 24.8 Å². The molecular weight excluding hydrogens is 264 g/mol. The first-order chi connectivity index (χ1) is 10.1. The van der Waals surface area contributed by atoms with Crippen LogP contribution in [-0.4, -0.2) is 22.4 Å². The first-order valence-electron chi connectivity index (χ1n) is 8.19. The summed E-state index contributed by atoms with van der Waals surface area (Å²) in [4.78, 5) is 12.2. The van der Waals surface area contributed by atoms with Crippen molar-refractivity contribution in [1.29, 1.82) is 0 Å². The number of aryl methyl sites for hydroxylation is 1. The van der Waals surface area contributed by atoms with Crippen LogP contribution in [-0.2, 0) is 13.5 Å². The Bertz CT molecular complexity index is 513. The van der Waals surface area contributed by atoms with Crippen molar-refractivity contribution in [2.45, 2.75) is 57.9 Å². The number of carbonyl (C=O) groups is 1. The van der Waals surface area contributed by atoms with Gasteiger partial charge in [0.15, 0.2) is 0 Å². The molecule has 0 aromatic carbocycles. The maximum Gasteiger partial charge on any atom is 0.315 e. The van der Waals surface area contributed by atoms with Crippen LogP contribution in [0.3, 0.4) is 0 Å². The molecule has 2 aliphatic carbocycles. The summed E-state index contributed by atoms with van der Waals surface area (Å²) in [6.07, 6.45) is 10.0. The molecule has 1 heterocycles. The van der Waals surface area contributed by atoms with Crippen molar-refractivity contribution in [3.63, 3.8) is 0 Å². The number of hydrogen-bond donors (Lipinski definition) is 2. The molecule has 0 aliphatic heterocycles. The van der Waals surface area contributed by atoms with E-state index in [1.54, 1.807) is 0 Å². The average Bonchev–Trinajstić information content (AvgIpc) is 2.81. The fourth-order valence-corrected chi connectivity index (χ4v) is 3.67. The number of fused-ring (bicyclic) bond motifs is 1. The van der Waals surface area contributed by atoms with E-state index in [-0.39, 0.29) is 12.1 Å². The van der Waals surface area contributed by atoms with Crippen LogP contribution >= 0.6 is 0 Å². The summed E-state index contributed by atoms with van der Waals surface area (Å²) in [6, 6.07) is 0.0813. The molecule has 3 rings (SSSR count). The van der Waals surface area contributed by atoms with E-state index in [0.717, 1.165) is 32.2 Å². The van der Waals surface area contributed by atoms with Gasteiger partial charge in [0.2, 0.25) is 0 Å². The standard InChI is InChI=1S/C16H26N4O/c1-3-16(8-5-9-16)11-17-15(21)19-13-6-4-7-14-12(13)10-18-20(14)2/h10,13H,3-9,11H2,1-2H3,(H2,17,19,21)/t13-/m1/s1. The maximum absolute atomic E-state index is 12.2. The van der Waals surface area contributed by atoms with Gasteiger partial charge in [-0.05, 0) is 43.9 Å². The lowest BCUT2D eigenvalue weighted by atomic mass is 9.67. The Balaban J connectivity index is 1.56. The Morgan fingerprint density at radius 1 is 1.48 bits per heavy atom. The van der Waals surface area contributed by atoms with Crippen LogP contribution in [0.2, 0.25) is 0 Å². The van der Waals surface area contributed by atoms with Crippen molar-refractivity contribution >= 4 is 6.03 Å². The maximum atomic E-state index is 12.2. The third-order valence-electron chi connectivity index (χ3n) is 5.47. The number of aromatic nitrogens is 2. The van der Waals surface area contributed by atoms with E-state index in [9.17, 15) is 4.79 Å².